The minimum Gasteiger partial charge on any atom is -0.346 e. The van der Waals surface area contributed by atoms with E-state index in [1.165, 1.54) is 5.69 Å². The van der Waals surface area contributed by atoms with Crippen molar-refractivity contribution in [1.29, 1.82) is 0 Å². The summed E-state index contributed by atoms with van der Waals surface area (Å²) in [6.45, 7) is 3.20. The van der Waals surface area contributed by atoms with Gasteiger partial charge >= 0.3 is 0 Å². The molecule has 4 heterocycles. The molecule has 0 amide bonds. The van der Waals surface area contributed by atoms with E-state index in [0.717, 1.165) is 42.7 Å². The molecule has 1 aliphatic heterocycles. The number of nitrogens with two attached hydrogens (primary N) is 1. The maximum Gasteiger partial charge on any atom is 0.195 e. The Labute approximate surface area is 119 Å². The molecule has 3 aromatic rings. The Bertz CT molecular complexity index is 740. The SMILES string of the molecule is NCCc1c(N2CCn3cnnc3C2)nc2sccn12. The summed E-state index contributed by atoms with van der Waals surface area (Å²) >= 11 is 1.65. The molecule has 8 heteroatoms. The van der Waals surface area contributed by atoms with E-state index in [0.29, 0.717) is 6.54 Å². The largest absolute Gasteiger partial charge is 0.346 e. The second kappa shape index (κ2) is 4.57. The molecule has 7 nitrogen and oxygen atoms in total. The summed E-state index contributed by atoms with van der Waals surface area (Å²) < 4.78 is 4.24. The zero-order valence-corrected chi connectivity index (χ0v) is 11.8. The van der Waals surface area contributed by atoms with Gasteiger partial charge in [0.25, 0.3) is 0 Å². The van der Waals surface area contributed by atoms with Gasteiger partial charge in [0.15, 0.2) is 16.6 Å². The first-order chi connectivity index (χ1) is 9.86. The normalized spacial score (nSPS) is 14.9. The first-order valence-corrected chi connectivity index (χ1v) is 7.51. The lowest BCUT2D eigenvalue weighted by Crippen LogP contribution is -2.34. The van der Waals surface area contributed by atoms with Crippen LogP contribution in [0.4, 0.5) is 5.82 Å². The third kappa shape index (κ3) is 1.72. The summed E-state index contributed by atoms with van der Waals surface area (Å²) in [5.41, 5.74) is 6.95. The molecular weight excluding hydrogens is 274 g/mol. The van der Waals surface area contributed by atoms with E-state index in [9.17, 15) is 0 Å². The minimum atomic E-state index is 0.626. The summed E-state index contributed by atoms with van der Waals surface area (Å²) in [7, 11) is 0. The average Bonchev–Trinajstić information content (AvgIpc) is 3.14. The highest BCUT2D eigenvalue weighted by atomic mass is 32.1. The van der Waals surface area contributed by atoms with E-state index >= 15 is 0 Å². The number of hydrogen-bond acceptors (Lipinski definition) is 6. The molecule has 1 aliphatic rings. The Morgan fingerprint density at radius 3 is 3.20 bits per heavy atom. The molecule has 0 bridgehead atoms. The second-order valence-electron chi connectivity index (χ2n) is 4.84. The van der Waals surface area contributed by atoms with Crippen molar-refractivity contribution in [2.24, 2.45) is 5.73 Å². The van der Waals surface area contributed by atoms with E-state index in [2.05, 4.69) is 35.6 Å². The molecule has 4 rings (SSSR count). The van der Waals surface area contributed by atoms with Crippen LogP contribution < -0.4 is 10.6 Å². The molecule has 0 spiro atoms. The van der Waals surface area contributed by atoms with E-state index in [4.69, 9.17) is 10.7 Å². The summed E-state index contributed by atoms with van der Waals surface area (Å²) in [6, 6.07) is 0. The van der Waals surface area contributed by atoms with Crippen molar-refractivity contribution in [2.45, 2.75) is 19.5 Å². The number of fused-ring (bicyclic) bond motifs is 2. The van der Waals surface area contributed by atoms with Crippen LogP contribution in [0.5, 0.6) is 0 Å². The Hall–Kier alpha value is -1.93. The van der Waals surface area contributed by atoms with Crippen LogP contribution in [-0.4, -0.2) is 37.2 Å². The maximum atomic E-state index is 5.76. The van der Waals surface area contributed by atoms with Crippen molar-refractivity contribution in [2.75, 3.05) is 18.0 Å². The van der Waals surface area contributed by atoms with Crippen molar-refractivity contribution in [1.82, 2.24) is 24.1 Å². The summed E-state index contributed by atoms with van der Waals surface area (Å²) in [6.07, 6.45) is 4.68. The van der Waals surface area contributed by atoms with Crippen LogP contribution in [0.25, 0.3) is 4.96 Å². The van der Waals surface area contributed by atoms with Gasteiger partial charge in [-0.25, -0.2) is 4.98 Å². The highest BCUT2D eigenvalue weighted by Gasteiger charge is 2.23. The van der Waals surface area contributed by atoms with E-state index < -0.39 is 0 Å². The lowest BCUT2D eigenvalue weighted by Gasteiger charge is -2.28. The van der Waals surface area contributed by atoms with Gasteiger partial charge in [-0.3, -0.25) is 4.40 Å². The zero-order valence-electron chi connectivity index (χ0n) is 10.9. The van der Waals surface area contributed by atoms with Crippen molar-refractivity contribution in [3.8, 4) is 0 Å². The van der Waals surface area contributed by atoms with Gasteiger partial charge in [0.1, 0.15) is 6.33 Å². The van der Waals surface area contributed by atoms with Gasteiger partial charge in [0, 0.05) is 31.1 Å². The van der Waals surface area contributed by atoms with Crippen LogP contribution in [0.2, 0.25) is 0 Å². The lowest BCUT2D eigenvalue weighted by molar-refractivity contribution is 0.555. The number of aromatic nitrogens is 5. The average molecular weight is 289 g/mol. The smallest absolute Gasteiger partial charge is 0.195 e. The van der Waals surface area contributed by atoms with Gasteiger partial charge < -0.3 is 15.2 Å². The highest BCUT2D eigenvalue weighted by Crippen LogP contribution is 2.27. The van der Waals surface area contributed by atoms with Crippen molar-refractivity contribution >= 4 is 22.1 Å². The zero-order chi connectivity index (χ0) is 13.5. The van der Waals surface area contributed by atoms with Crippen LogP contribution >= 0.6 is 11.3 Å². The van der Waals surface area contributed by atoms with Crippen LogP contribution in [-0.2, 0) is 19.5 Å². The Balaban J connectivity index is 1.75. The highest BCUT2D eigenvalue weighted by molar-refractivity contribution is 7.15. The number of imidazole rings is 1. The number of hydrogen-bond donors (Lipinski definition) is 1. The van der Waals surface area contributed by atoms with Gasteiger partial charge in [-0.15, -0.1) is 21.5 Å². The molecule has 0 saturated heterocycles. The summed E-state index contributed by atoms with van der Waals surface area (Å²) in [4.78, 5) is 8.06. The van der Waals surface area contributed by atoms with Crippen LogP contribution in [0, 0.1) is 0 Å². The van der Waals surface area contributed by atoms with Crippen LogP contribution in [0.1, 0.15) is 11.5 Å². The number of thiazole rings is 1. The van der Waals surface area contributed by atoms with Crippen molar-refractivity contribution in [3.05, 3.63) is 29.4 Å². The molecule has 0 unspecified atom stereocenters. The topological polar surface area (TPSA) is 77.3 Å². The summed E-state index contributed by atoms with van der Waals surface area (Å²) in [5.74, 6) is 2.03. The predicted octanol–water partition coefficient (Wildman–Crippen LogP) is 0.509. The molecule has 2 N–H and O–H groups in total. The van der Waals surface area contributed by atoms with Gasteiger partial charge in [-0.05, 0) is 6.54 Å². The molecule has 0 aromatic carbocycles. The van der Waals surface area contributed by atoms with Crippen LogP contribution in [0.15, 0.2) is 17.9 Å². The Morgan fingerprint density at radius 2 is 2.30 bits per heavy atom. The van der Waals surface area contributed by atoms with Crippen molar-refractivity contribution < 1.29 is 0 Å². The van der Waals surface area contributed by atoms with Crippen LogP contribution in [0.3, 0.4) is 0 Å². The molecular formula is C12H15N7S. The first kappa shape index (κ1) is 11.9. The van der Waals surface area contributed by atoms with Gasteiger partial charge in [-0.1, -0.05) is 0 Å². The molecule has 0 aliphatic carbocycles. The van der Waals surface area contributed by atoms with Gasteiger partial charge in [0.2, 0.25) is 0 Å². The molecule has 20 heavy (non-hydrogen) atoms. The van der Waals surface area contributed by atoms with E-state index in [1.54, 1.807) is 17.7 Å². The molecule has 0 radical (unpaired) electrons. The number of rotatable bonds is 3. The third-order valence-electron chi connectivity index (χ3n) is 3.66. The van der Waals surface area contributed by atoms with Gasteiger partial charge in [-0.2, -0.15) is 0 Å². The molecule has 0 saturated carbocycles. The van der Waals surface area contributed by atoms with Gasteiger partial charge in [0.05, 0.1) is 12.2 Å². The standard InChI is InChI=1S/C12H15N7S/c13-2-1-9-11(15-12-19(9)5-6-20-12)17-3-4-18-8-14-16-10(18)7-17/h5-6,8H,1-4,7,13H2. The number of nitrogens with zero attached hydrogens (tertiary/aromatic N) is 6. The first-order valence-electron chi connectivity index (χ1n) is 6.63. The molecule has 0 fully saturated rings. The fourth-order valence-electron chi connectivity index (χ4n) is 2.69. The monoisotopic (exact) mass is 289 g/mol. The minimum absolute atomic E-state index is 0.626. The molecule has 104 valence electrons. The molecule has 3 aromatic heterocycles. The lowest BCUT2D eigenvalue weighted by atomic mass is 10.2. The maximum absolute atomic E-state index is 5.76. The van der Waals surface area contributed by atoms with E-state index in [1.807, 2.05) is 0 Å². The third-order valence-corrected chi connectivity index (χ3v) is 4.42. The Morgan fingerprint density at radius 1 is 1.35 bits per heavy atom. The predicted molar refractivity (Wildman–Crippen MR) is 76.9 cm³/mol. The fourth-order valence-corrected chi connectivity index (χ4v) is 3.42. The Kier molecular flexibility index (Phi) is 2.71. The second-order valence-corrected chi connectivity index (χ2v) is 5.71. The number of anilines is 1. The summed E-state index contributed by atoms with van der Waals surface area (Å²) in [5, 5.41) is 10.2. The van der Waals surface area contributed by atoms with E-state index in [-0.39, 0.29) is 0 Å². The fraction of sp³-hybridized carbons (Fsp3) is 0.417. The quantitative estimate of drug-likeness (QED) is 0.760. The molecule has 0 atom stereocenters. The van der Waals surface area contributed by atoms with Crippen molar-refractivity contribution in [3.63, 3.8) is 0 Å².